The quantitative estimate of drug-likeness (QED) is 0.0971. The molecule has 1 aliphatic heterocycles. The van der Waals surface area contributed by atoms with E-state index in [0.29, 0.717) is 47.3 Å². The van der Waals surface area contributed by atoms with Crippen LogP contribution in [0.2, 0.25) is 0 Å². The minimum atomic E-state index is -1.10. The lowest BCUT2D eigenvalue weighted by Crippen LogP contribution is -2.29. The second-order valence-electron chi connectivity index (χ2n) is 8.93. The Balaban J connectivity index is 1.88. The van der Waals surface area contributed by atoms with Crippen LogP contribution in [0, 0.1) is 6.92 Å². The highest BCUT2D eigenvalue weighted by atomic mass is 32.1. The molecule has 0 spiro atoms. The fraction of sp³-hybridized carbons (Fsp3) is 0.226. The number of nitrogens with zero attached hydrogens (tertiary/aromatic N) is 2. The van der Waals surface area contributed by atoms with Gasteiger partial charge < -0.3 is 24.1 Å². The fourth-order valence-corrected chi connectivity index (χ4v) is 5.36. The number of carbonyl (C=O) groups excluding carboxylic acids is 3. The standard InChI is InChI=1S/C31H30N2O8S/c1-6-15-40-21-12-9-19(10-13-21)26(34)24-25(20-11-14-22(39-8-3)23(17-20)38-5)33(29(36)27(24)35)31-32-18(4)28(42-31)30(37)41-16-7-2/h6-7,9-14,17,25,34H,1-2,8,15-16H2,3-5H3/b26-24+. The average Bonchev–Trinajstić information content (AvgIpc) is 3.51. The van der Waals surface area contributed by atoms with Crippen LogP contribution in [0.5, 0.6) is 17.2 Å². The molecule has 0 aliphatic carbocycles. The van der Waals surface area contributed by atoms with Gasteiger partial charge in [-0.1, -0.05) is 42.7 Å². The predicted molar refractivity (Wildman–Crippen MR) is 158 cm³/mol. The van der Waals surface area contributed by atoms with Crippen molar-refractivity contribution in [3.8, 4) is 17.2 Å². The summed E-state index contributed by atoms with van der Waals surface area (Å²) in [5.41, 5.74) is 0.912. The summed E-state index contributed by atoms with van der Waals surface area (Å²) in [5.74, 6) is -1.48. The number of benzene rings is 2. The van der Waals surface area contributed by atoms with Crippen LogP contribution in [-0.4, -0.2) is 54.7 Å². The monoisotopic (exact) mass is 590 g/mol. The molecule has 0 saturated carbocycles. The van der Waals surface area contributed by atoms with Crippen LogP contribution in [0.15, 0.2) is 73.3 Å². The number of methoxy groups -OCH3 is 1. The normalized spacial score (nSPS) is 15.8. The molecule has 1 fully saturated rings. The number of amides is 1. The van der Waals surface area contributed by atoms with Crippen LogP contribution in [0.3, 0.4) is 0 Å². The first kappa shape index (κ1) is 30.1. The second-order valence-corrected chi connectivity index (χ2v) is 9.91. The highest BCUT2D eigenvalue weighted by Crippen LogP contribution is 2.45. The van der Waals surface area contributed by atoms with Crippen molar-refractivity contribution in [2.75, 3.05) is 31.8 Å². The van der Waals surface area contributed by atoms with Gasteiger partial charge in [0.15, 0.2) is 16.6 Å². The Kier molecular flexibility index (Phi) is 9.43. The lowest BCUT2D eigenvalue weighted by molar-refractivity contribution is -0.132. The van der Waals surface area contributed by atoms with E-state index in [4.69, 9.17) is 18.9 Å². The second kappa shape index (κ2) is 13.2. The number of aryl methyl sites for hydroxylation is 1. The first-order valence-corrected chi connectivity index (χ1v) is 13.8. The summed E-state index contributed by atoms with van der Waals surface area (Å²) < 4.78 is 21.8. The summed E-state index contributed by atoms with van der Waals surface area (Å²) in [5, 5.41) is 11.5. The highest BCUT2D eigenvalue weighted by Gasteiger charge is 2.48. The molecule has 1 saturated heterocycles. The van der Waals surface area contributed by atoms with Gasteiger partial charge >= 0.3 is 11.9 Å². The largest absolute Gasteiger partial charge is 0.507 e. The van der Waals surface area contributed by atoms with E-state index in [0.717, 1.165) is 11.3 Å². The third-order valence-electron chi connectivity index (χ3n) is 6.25. The van der Waals surface area contributed by atoms with Crippen molar-refractivity contribution in [3.63, 3.8) is 0 Å². The topological polar surface area (TPSA) is 124 Å². The Hall–Kier alpha value is -4.90. The number of hydrogen-bond donors (Lipinski definition) is 1. The zero-order valence-electron chi connectivity index (χ0n) is 23.4. The Morgan fingerprint density at radius 3 is 2.43 bits per heavy atom. The van der Waals surface area contributed by atoms with E-state index in [1.807, 2.05) is 6.92 Å². The zero-order valence-corrected chi connectivity index (χ0v) is 24.2. The molecular weight excluding hydrogens is 560 g/mol. The molecule has 1 N–H and O–H groups in total. The molecule has 1 unspecified atom stereocenters. The van der Waals surface area contributed by atoms with E-state index in [1.165, 1.54) is 18.1 Å². The van der Waals surface area contributed by atoms with Gasteiger partial charge in [0.25, 0.3) is 5.78 Å². The number of aliphatic hydroxyl groups excluding tert-OH is 1. The Labute approximate surface area is 247 Å². The van der Waals surface area contributed by atoms with Gasteiger partial charge in [0.2, 0.25) is 0 Å². The number of anilines is 1. The van der Waals surface area contributed by atoms with Crippen molar-refractivity contribution >= 4 is 39.9 Å². The van der Waals surface area contributed by atoms with Crippen LogP contribution in [0.4, 0.5) is 5.13 Å². The van der Waals surface area contributed by atoms with Crippen molar-refractivity contribution in [2.45, 2.75) is 19.9 Å². The smallest absolute Gasteiger partial charge is 0.350 e. The van der Waals surface area contributed by atoms with Crippen LogP contribution in [0.1, 0.15) is 39.5 Å². The first-order chi connectivity index (χ1) is 20.2. The third-order valence-corrected chi connectivity index (χ3v) is 7.39. The molecule has 2 aromatic carbocycles. The van der Waals surface area contributed by atoms with E-state index in [2.05, 4.69) is 18.1 Å². The lowest BCUT2D eigenvalue weighted by atomic mass is 9.95. The van der Waals surface area contributed by atoms with Crippen LogP contribution >= 0.6 is 11.3 Å². The van der Waals surface area contributed by atoms with E-state index in [1.54, 1.807) is 55.5 Å². The number of aliphatic hydroxyl groups is 1. The Morgan fingerprint density at radius 2 is 1.79 bits per heavy atom. The van der Waals surface area contributed by atoms with E-state index < -0.39 is 23.7 Å². The molecule has 3 aromatic rings. The molecule has 1 atom stereocenters. The van der Waals surface area contributed by atoms with Gasteiger partial charge in [0.05, 0.1) is 31.0 Å². The number of carbonyl (C=O) groups is 3. The third kappa shape index (κ3) is 5.91. The maximum absolute atomic E-state index is 13.6. The molecule has 42 heavy (non-hydrogen) atoms. The van der Waals surface area contributed by atoms with Gasteiger partial charge in [-0.05, 0) is 55.8 Å². The van der Waals surface area contributed by atoms with Crippen LogP contribution in [0.25, 0.3) is 5.76 Å². The van der Waals surface area contributed by atoms with E-state index >= 15 is 0 Å². The molecule has 11 heteroatoms. The molecule has 10 nitrogen and oxygen atoms in total. The van der Waals surface area contributed by atoms with Gasteiger partial charge in [0.1, 0.15) is 29.6 Å². The number of rotatable bonds is 12. The van der Waals surface area contributed by atoms with Crippen LogP contribution in [-0.2, 0) is 14.3 Å². The van der Waals surface area contributed by atoms with Crippen molar-refractivity contribution in [2.24, 2.45) is 0 Å². The summed E-state index contributed by atoms with van der Waals surface area (Å²) >= 11 is 0.908. The van der Waals surface area contributed by atoms with Gasteiger partial charge in [-0.15, -0.1) is 0 Å². The van der Waals surface area contributed by atoms with Crippen molar-refractivity contribution in [3.05, 3.63) is 95.0 Å². The molecule has 1 aromatic heterocycles. The summed E-state index contributed by atoms with van der Waals surface area (Å²) in [6.07, 6.45) is 3.04. The number of hydrogen-bond acceptors (Lipinski definition) is 10. The van der Waals surface area contributed by atoms with Gasteiger partial charge in [-0.3, -0.25) is 14.5 Å². The lowest BCUT2D eigenvalue weighted by Gasteiger charge is -2.24. The van der Waals surface area contributed by atoms with E-state index in [9.17, 15) is 19.5 Å². The molecule has 2 heterocycles. The van der Waals surface area contributed by atoms with E-state index in [-0.39, 0.29) is 27.9 Å². The number of ether oxygens (including phenoxy) is 4. The average molecular weight is 591 g/mol. The fourth-order valence-electron chi connectivity index (χ4n) is 4.37. The van der Waals surface area contributed by atoms with Gasteiger partial charge in [0, 0.05) is 5.56 Å². The summed E-state index contributed by atoms with van der Waals surface area (Å²) in [6, 6.07) is 10.3. The molecular formula is C31H30N2O8S. The zero-order chi connectivity index (χ0) is 30.4. The number of aromatic nitrogens is 1. The summed E-state index contributed by atoms with van der Waals surface area (Å²) in [7, 11) is 1.47. The molecule has 4 rings (SSSR count). The molecule has 1 amide bonds. The number of Topliss-reactive ketones (excluding diaryl/α,β-unsaturated/α-hetero) is 1. The SMILES string of the molecule is C=CCOC(=O)c1sc(N2C(=O)C(=O)/C(=C(/O)c3ccc(OCC=C)cc3)C2c2ccc(OCC)c(OC)c2)nc1C. The van der Waals surface area contributed by atoms with Crippen LogP contribution < -0.4 is 19.1 Å². The number of thiazole rings is 1. The maximum Gasteiger partial charge on any atom is 0.350 e. The predicted octanol–water partition coefficient (Wildman–Crippen LogP) is 5.39. The molecule has 218 valence electrons. The molecule has 1 aliphatic rings. The minimum absolute atomic E-state index is 0.000581. The van der Waals surface area contributed by atoms with Gasteiger partial charge in [-0.2, -0.15) is 0 Å². The minimum Gasteiger partial charge on any atom is -0.507 e. The number of esters is 1. The van der Waals surface area contributed by atoms with Crippen molar-refractivity contribution in [1.82, 2.24) is 4.98 Å². The Morgan fingerprint density at radius 1 is 1.07 bits per heavy atom. The molecule has 0 radical (unpaired) electrons. The number of ketones is 1. The first-order valence-electron chi connectivity index (χ1n) is 13.0. The molecule has 0 bridgehead atoms. The summed E-state index contributed by atoms with van der Waals surface area (Å²) in [6.45, 7) is 11.3. The maximum atomic E-state index is 13.6. The van der Waals surface area contributed by atoms with Crippen molar-refractivity contribution in [1.29, 1.82) is 0 Å². The van der Waals surface area contributed by atoms with Crippen molar-refractivity contribution < 1.29 is 38.4 Å². The van der Waals surface area contributed by atoms with Gasteiger partial charge in [-0.25, -0.2) is 9.78 Å². The Bertz CT molecular complexity index is 1560. The summed E-state index contributed by atoms with van der Waals surface area (Å²) in [4.78, 5) is 45.5. The highest BCUT2D eigenvalue weighted by molar-refractivity contribution is 7.17.